The van der Waals surface area contributed by atoms with Gasteiger partial charge in [-0.3, -0.25) is 18.7 Å². The molecule has 0 bridgehead atoms. The Morgan fingerprint density at radius 3 is 2.60 bits per heavy atom. The predicted molar refractivity (Wildman–Crippen MR) is 71.2 cm³/mol. The number of aromatic nitrogens is 4. The lowest BCUT2D eigenvalue weighted by atomic mass is 10.4. The molecule has 0 radical (unpaired) electrons. The van der Waals surface area contributed by atoms with E-state index < -0.39 is 11.2 Å². The Bertz CT molecular complexity index is 813. The van der Waals surface area contributed by atoms with Crippen LogP contribution in [0.1, 0.15) is 18.7 Å². The number of aryl methyl sites for hydroxylation is 1. The second-order valence-corrected chi connectivity index (χ2v) is 5.01. The van der Waals surface area contributed by atoms with Crippen LogP contribution in [0.15, 0.2) is 9.59 Å². The van der Waals surface area contributed by atoms with Crippen LogP contribution in [0.4, 0.5) is 0 Å². The average molecular weight is 277 g/mol. The summed E-state index contributed by atoms with van der Waals surface area (Å²) in [5, 5.41) is 0. The quantitative estimate of drug-likeness (QED) is 0.768. The van der Waals surface area contributed by atoms with Gasteiger partial charge in [-0.1, -0.05) is 0 Å². The minimum Gasteiger partial charge on any atom is -0.335 e. The number of hydrogen-bond donors (Lipinski definition) is 1. The van der Waals surface area contributed by atoms with Gasteiger partial charge in [0.05, 0.1) is 6.54 Å². The van der Waals surface area contributed by atoms with E-state index in [1.165, 1.54) is 11.6 Å². The van der Waals surface area contributed by atoms with Crippen molar-refractivity contribution in [2.45, 2.75) is 19.4 Å². The van der Waals surface area contributed by atoms with E-state index in [0.717, 1.165) is 11.0 Å². The molecule has 0 spiro atoms. The maximum Gasteiger partial charge on any atom is 0.332 e. The summed E-state index contributed by atoms with van der Waals surface area (Å²) in [4.78, 5) is 44.3. The highest BCUT2D eigenvalue weighted by molar-refractivity contribution is 5.78. The molecule has 0 aromatic carbocycles. The van der Waals surface area contributed by atoms with Crippen LogP contribution in [0.5, 0.6) is 0 Å². The summed E-state index contributed by atoms with van der Waals surface area (Å²) in [5.74, 6) is 0.612. The molecule has 1 amide bonds. The molecule has 106 valence electrons. The van der Waals surface area contributed by atoms with Gasteiger partial charge in [-0.25, -0.2) is 9.78 Å². The highest BCUT2D eigenvalue weighted by atomic mass is 16.2. The summed E-state index contributed by atoms with van der Waals surface area (Å²) in [6.07, 6.45) is 1.40. The van der Waals surface area contributed by atoms with Crippen molar-refractivity contribution >= 4 is 17.1 Å². The number of aromatic amines is 1. The van der Waals surface area contributed by atoms with E-state index in [9.17, 15) is 14.4 Å². The minimum absolute atomic E-state index is 0.0900. The molecule has 3 heterocycles. The number of rotatable bonds is 2. The number of nitrogens with zero attached hydrogens (tertiary/aromatic N) is 4. The summed E-state index contributed by atoms with van der Waals surface area (Å²) in [6.45, 7) is 1.04. The Kier molecular flexibility index (Phi) is 2.73. The molecule has 1 N–H and O–H groups in total. The zero-order chi connectivity index (χ0) is 14.4. The fourth-order valence-corrected chi connectivity index (χ4v) is 2.50. The lowest BCUT2D eigenvalue weighted by Crippen LogP contribution is -2.36. The van der Waals surface area contributed by atoms with Gasteiger partial charge in [0.25, 0.3) is 5.56 Å². The topological polar surface area (TPSA) is 93.0 Å². The zero-order valence-electron chi connectivity index (χ0n) is 11.3. The van der Waals surface area contributed by atoms with Gasteiger partial charge in [0.2, 0.25) is 5.91 Å². The van der Waals surface area contributed by atoms with Gasteiger partial charge in [-0.2, -0.15) is 0 Å². The summed E-state index contributed by atoms with van der Waals surface area (Å²) >= 11 is 0. The fourth-order valence-electron chi connectivity index (χ4n) is 2.50. The van der Waals surface area contributed by atoms with Crippen LogP contribution in [-0.2, 0) is 25.4 Å². The number of carbonyl (C=O) groups excluding carboxylic acids is 1. The van der Waals surface area contributed by atoms with E-state index >= 15 is 0 Å². The minimum atomic E-state index is -0.419. The SMILES string of the molecule is Cn1c(=O)c2[nH]c(CN3CCCC3=O)nc2n(C)c1=O. The number of fused-ring (bicyclic) bond motifs is 1. The highest BCUT2D eigenvalue weighted by Crippen LogP contribution is 2.13. The monoisotopic (exact) mass is 277 g/mol. The molecule has 8 heteroatoms. The van der Waals surface area contributed by atoms with E-state index in [0.29, 0.717) is 31.0 Å². The third-order valence-electron chi connectivity index (χ3n) is 3.66. The fraction of sp³-hybridized carbons (Fsp3) is 0.500. The predicted octanol–water partition coefficient (Wildman–Crippen LogP) is -0.917. The molecule has 0 saturated carbocycles. The van der Waals surface area contributed by atoms with Crippen LogP contribution in [0.2, 0.25) is 0 Å². The van der Waals surface area contributed by atoms with E-state index in [2.05, 4.69) is 9.97 Å². The maximum absolute atomic E-state index is 12.0. The van der Waals surface area contributed by atoms with Crippen LogP contribution < -0.4 is 11.2 Å². The Morgan fingerprint density at radius 1 is 1.20 bits per heavy atom. The first-order valence-electron chi connectivity index (χ1n) is 6.41. The standard InChI is InChI=1S/C12H15N5O3/c1-15-10-9(11(19)16(2)12(15)20)13-7(14-10)6-17-5-3-4-8(17)18/h3-6H2,1-2H3,(H,13,14). The summed E-state index contributed by atoms with van der Waals surface area (Å²) in [6, 6.07) is 0. The molecule has 0 unspecified atom stereocenters. The van der Waals surface area contributed by atoms with Gasteiger partial charge in [0.15, 0.2) is 5.65 Å². The smallest absolute Gasteiger partial charge is 0.332 e. The lowest BCUT2D eigenvalue weighted by Gasteiger charge is -2.12. The molecular formula is C12H15N5O3. The highest BCUT2D eigenvalue weighted by Gasteiger charge is 2.22. The Morgan fingerprint density at radius 2 is 1.95 bits per heavy atom. The van der Waals surface area contributed by atoms with Crippen molar-refractivity contribution < 1.29 is 4.79 Å². The first kappa shape index (κ1) is 12.6. The van der Waals surface area contributed by atoms with Crippen molar-refractivity contribution in [2.24, 2.45) is 14.1 Å². The summed E-state index contributed by atoms with van der Waals surface area (Å²) in [7, 11) is 2.99. The number of amides is 1. The van der Waals surface area contributed by atoms with Crippen LogP contribution in [0.3, 0.4) is 0 Å². The molecule has 0 atom stereocenters. The van der Waals surface area contributed by atoms with Crippen molar-refractivity contribution in [3.05, 3.63) is 26.7 Å². The number of hydrogen-bond acceptors (Lipinski definition) is 4. The second-order valence-electron chi connectivity index (χ2n) is 5.01. The lowest BCUT2D eigenvalue weighted by molar-refractivity contribution is -0.128. The molecule has 0 aliphatic carbocycles. The van der Waals surface area contributed by atoms with Crippen LogP contribution >= 0.6 is 0 Å². The van der Waals surface area contributed by atoms with Gasteiger partial charge in [0, 0.05) is 27.1 Å². The number of nitrogens with one attached hydrogen (secondary N) is 1. The first-order chi connectivity index (χ1) is 9.49. The van der Waals surface area contributed by atoms with Crippen LogP contribution in [0, 0.1) is 0 Å². The van der Waals surface area contributed by atoms with Crippen molar-refractivity contribution in [2.75, 3.05) is 6.54 Å². The van der Waals surface area contributed by atoms with Gasteiger partial charge < -0.3 is 9.88 Å². The number of carbonyl (C=O) groups is 1. The molecule has 1 fully saturated rings. The number of imidazole rings is 1. The van der Waals surface area contributed by atoms with Crippen molar-refractivity contribution in [1.82, 2.24) is 24.0 Å². The summed E-state index contributed by atoms with van der Waals surface area (Å²) < 4.78 is 2.35. The number of likely N-dealkylation sites (tertiary alicyclic amines) is 1. The molecule has 2 aromatic heterocycles. The molecule has 1 saturated heterocycles. The largest absolute Gasteiger partial charge is 0.335 e. The molecular weight excluding hydrogens is 262 g/mol. The van der Waals surface area contributed by atoms with Gasteiger partial charge in [-0.05, 0) is 6.42 Å². The van der Waals surface area contributed by atoms with Crippen LogP contribution in [0.25, 0.3) is 11.2 Å². The van der Waals surface area contributed by atoms with E-state index in [-0.39, 0.29) is 11.4 Å². The maximum atomic E-state index is 12.0. The second kappa shape index (κ2) is 4.32. The van der Waals surface area contributed by atoms with E-state index in [1.54, 1.807) is 11.9 Å². The van der Waals surface area contributed by atoms with Crippen molar-refractivity contribution in [1.29, 1.82) is 0 Å². The van der Waals surface area contributed by atoms with Gasteiger partial charge in [0.1, 0.15) is 11.3 Å². The molecule has 1 aliphatic heterocycles. The van der Waals surface area contributed by atoms with Crippen molar-refractivity contribution in [3.8, 4) is 0 Å². The molecule has 2 aromatic rings. The molecule has 3 rings (SSSR count). The normalized spacial score (nSPS) is 15.5. The Hall–Kier alpha value is -2.38. The average Bonchev–Trinajstić information content (AvgIpc) is 3.02. The number of H-pyrrole nitrogens is 1. The first-order valence-corrected chi connectivity index (χ1v) is 6.41. The molecule has 20 heavy (non-hydrogen) atoms. The van der Waals surface area contributed by atoms with E-state index in [1.807, 2.05) is 0 Å². The zero-order valence-corrected chi connectivity index (χ0v) is 11.3. The van der Waals surface area contributed by atoms with Crippen molar-refractivity contribution in [3.63, 3.8) is 0 Å². The van der Waals surface area contributed by atoms with Gasteiger partial charge >= 0.3 is 5.69 Å². The Balaban J connectivity index is 2.09. The van der Waals surface area contributed by atoms with Gasteiger partial charge in [-0.15, -0.1) is 0 Å². The van der Waals surface area contributed by atoms with E-state index in [4.69, 9.17) is 0 Å². The molecule has 1 aliphatic rings. The third-order valence-corrected chi connectivity index (χ3v) is 3.66. The third kappa shape index (κ3) is 1.75. The Labute approximate surface area is 113 Å². The van der Waals surface area contributed by atoms with Crippen LogP contribution in [-0.4, -0.2) is 36.5 Å². The molecule has 8 nitrogen and oxygen atoms in total. The summed E-state index contributed by atoms with van der Waals surface area (Å²) in [5.41, 5.74) is -0.219.